The predicted molar refractivity (Wildman–Crippen MR) is 132 cm³/mol. The molecule has 6 nitrogen and oxygen atoms in total. The van der Waals surface area contributed by atoms with Gasteiger partial charge in [0.05, 0.1) is 28.6 Å². The highest BCUT2D eigenvalue weighted by atomic mass is 19.4. The summed E-state index contributed by atoms with van der Waals surface area (Å²) < 4.78 is 49.3. The molecule has 4 aliphatic rings. The number of ether oxygens (including phenoxy) is 1. The van der Waals surface area contributed by atoms with Crippen LogP contribution in [-0.2, 0) is 11.8 Å². The number of fused-ring (bicyclic) bond motifs is 3. The van der Waals surface area contributed by atoms with E-state index in [4.69, 9.17) is 14.7 Å². The van der Waals surface area contributed by atoms with Gasteiger partial charge in [-0.1, -0.05) is 0 Å². The molecule has 2 bridgehead atoms. The maximum atomic E-state index is 13.9. The Hall–Kier alpha value is -2.81. The molecule has 4 atom stereocenters. The molecule has 0 spiro atoms. The van der Waals surface area contributed by atoms with Crippen molar-refractivity contribution in [2.24, 2.45) is 24.8 Å². The van der Waals surface area contributed by atoms with Gasteiger partial charge in [-0.15, -0.1) is 0 Å². The van der Waals surface area contributed by atoms with Gasteiger partial charge in [-0.25, -0.2) is 4.98 Å². The van der Waals surface area contributed by atoms with Crippen molar-refractivity contribution in [3.05, 3.63) is 63.2 Å². The Morgan fingerprint density at radius 2 is 1.84 bits per heavy atom. The van der Waals surface area contributed by atoms with Crippen LogP contribution < -0.4 is 5.56 Å². The number of aryl methyl sites for hydroxylation is 2. The minimum Gasteiger partial charge on any atom is -0.373 e. The van der Waals surface area contributed by atoms with Crippen LogP contribution in [0.2, 0.25) is 0 Å². The third-order valence-corrected chi connectivity index (χ3v) is 8.96. The highest BCUT2D eigenvalue weighted by Gasteiger charge is 2.56. The van der Waals surface area contributed by atoms with Crippen LogP contribution in [0.15, 0.2) is 29.2 Å². The molecule has 1 unspecified atom stereocenters. The first-order chi connectivity index (χ1) is 17.6. The van der Waals surface area contributed by atoms with Crippen molar-refractivity contribution in [3.63, 3.8) is 0 Å². The average Bonchev–Trinajstić information content (AvgIpc) is 2.85. The van der Waals surface area contributed by atoms with Gasteiger partial charge >= 0.3 is 6.18 Å². The van der Waals surface area contributed by atoms with E-state index < -0.39 is 18.0 Å². The van der Waals surface area contributed by atoms with Crippen molar-refractivity contribution in [2.45, 2.75) is 70.1 Å². The van der Waals surface area contributed by atoms with Gasteiger partial charge in [0.1, 0.15) is 5.82 Å². The molecule has 9 heteroatoms. The molecular weight excluding hydrogens is 481 g/mol. The van der Waals surface area contributed by atoms with E-state index in [-0.39, 0.29) is 35.8 Å². The topological polar surface area (TPSA) is 69.9 Å². The minimum absolute atomic E-state index is 0.00584. The zero-order valence-electron chi connectivity index (χ0n) is 21.3. The normalized spacial score (nSPS) is 29.8. The van der Waals surface area contributed by atoms with Gasteiger partial charge in [-0.05, 0) is 81.5 Å². The zero-order chi connectivity index (χ0) is 26.1. The molecule has 4 heterocycles. The summed E-state index contributed by atoms with van der Waals surface area (Å²) in [4.78, 5) is 27.4. The average molecular weight is 513 g/mol. The van der Waals surface area contributed by atoms with Gasteiger partial charge in [-0.2, -0.15) is 13.2 Å². The highest BCUT2D eigenvalue weighted by molar-refractivity contribution is 5.81. The first-order valence-electron chi connectivity index (χ1n) is 13.1. The van der Waals surface area contributed by atoms with Crippen molar-refractivity contribution in [1.82, 2.24) is 19.5 Å². The molecule has 4 fully saturated rings. The second kappa shape index (κ2) is 8.89. The summed E-state index contributed by atoms with van der Waals surface area (Å²) in [5.41, 5.74) is 3.58. The minimum atomic E-state index is -4.24. The molecule has 37 heavy (non-hydrogen) atoms. The lowest BCUT2D eigenvalue weighted by Gasteiger charge is -2.51. The number of nitrogens with zero attached hydrogens (tertiary/aromatic N) is 4. The van der Waals surface area contributed by atoms with Crippen molar-refractivity contribution < 1.29 is 17.9 Å². The Morgan fingerprint density at radius 1 is 1.05 bits per heavy atom. The molecule has 0 radical (unpaired) electrons. The summed E-state index contributed by atoms with van der Waals surface area (Å²) in [6, 6.07) is 5.86. The molecule has 196 valence electrons. The number of halogens is 3. The summed E-state index contributed by atoms with van der Waals surface area (Å²) in [7, 11) is 1.65. The van der Waals surface area contributed by atoms with E-state index in [9.17, 15) is 18.0 Å². The maximum Gasteiger partial charge on any atom is 0.392 e. The van der Waals surface area contributed by atoms with Crippen LogP contribution in [0.1, 0.15) is 78.5 Å². The van der Waals surface area contributed by atoms with Crippen LogP contribution in [-0.4, -0.2) is 32.3 Å². The molecule has 3 aromatic heterocycles. The van der Waals surface area contributed by atoms with E-state index in [0.29, 0.717) is 48.3 Å². The van der Waals surface area contributed by atoms with Gasteiger partial charge in [0.15, 0.2) is 0 Å². The first kappa shape index (κ1) is 24.5. The number of aromatic nitrogens is 4. The second-order valence-electron chi connectivity index (χ2n) is 11.1. The summed E-state index contributed by atoms with van der Waals surface area (Å²) >= 11 is 0. The lowest BCUT2D eigenvalue weighted by Crippen LogP contribution is -2.47. The van der Waals surface area contributed by atoms with Crippen LogP contribution in [0, 0.1) is 31.6 Å². The fourth-order valence-electron chi connectivity index (χ4n) is 6.75. The maximum absolute atomic E-state index is 13.9. The SMILES string of the molecule is Cc1cc([C@@H]2C[C@@H](c3cc4nc(C)n(C)c(=O)c4c([C@H]4CC(C(F)(F)F)C5CC4C5)n3)CCO2)ccn1. The van der Waals surface area contributed by atoms with E-state index in [1.54, 1.807) is 20.2 Å². The van der Waals surface area contributed by atoms with Gasteiger partial charge in [0.2, 0.25) is 0 Å². The number of pyridine rings is 2. The Morgan fingerprint density at radius 3 is 2.57 bits per heavy atom. The van der Waals surface area contributed by atoms with E-state index in [0.717, 1.165) is 23.4 Å². The second-order valence-corrected chi connectivity index (χ2v) is 11.1. The molecule has 3 aromatic rings. The van der Waals surface area contributed by atoms with Gasteiger partial charge in [0, 0.05) is 43.1 Å². The molecular formula is C28H31F3N4O2. The third-order valence-electron chi connectivity index (χ3n) is 8.96. The summed E-state index contributed by atoms with van der Waals surface area (Å²) in [6.45, 7) is 4.27. The molecule has 1 aliphatic heterocycles. The predicted octanol–water partition coefficient (Wildman–Crippen LogP) is 5.67. The van der Waals surface area contributed by atoms with Crippen molar-refractivity contribution in [2.75, 3.05) is 6.61 Å². The van der Waals surface area contributed by atoms with Crippen LogP contribution in [0.4, 0.5) is 13.2 Å². The van der Waals surface area contributed by atoms with Crippen LogP contribution >= 0.6 is 0 Å². The highest BCUT2D eigenvalue weighted by Crippen LogP contribution is 2.59. The summed E-state index contributed by atoms with van der Waals surface area (Å²) in [5, 5.41) is 0.376. The monoisotopic (exact) mass is 512 g/mol. The van der Waals surface area contributed by atoms with E-state index in [2.05, 4.69) is 4.98 Å². The summed E-state index contributed by atoms with van der Waals surface area (Å²) in [5.74, 6) is -1.29. The zero-order valence-corrected chi connectivity index (χ0v) is 21.3. The van der Waals surface area contributed by atoms with Gasteiger partial charge in [0.25, 0.3) is 5.56 Å². The first-order valence-corrected chi connectivity index (χ1v) is 13.1. The molecule has 3 aliphatic carbocycles. The Kier molecular flexibility index (Phi) is 5.89. The lowest BCUT2D eigenvalue weighted by atomic mass is 9.54. The number of alkyl halides is 3. The molecule has 3 saturated carbocycles. The molecule has 0 aromatic carbocycles. The summed E-state index contributed by atoms with van der Waals surface area (Å²) in [6.07, 6.45) is -0.0389. The Balaban J connectivity index is 1.44. The van der Waals surface area contributed by atoms with Crippen LogP contribution in [0.25, 0.3) is 10.9 Å². The largest absolute Gasteiger partial charge is 0.392 e. The Bertz CT molecular complexity index is 1410. The molecule has 1 saturated heterocycles. The van der Waals surface area contributed by atoms with Crippen molar-refractivity contribution in [1.29, 1.82) is 0 Å². The fraction of sp³-hybridized carbons (Fsp3) is 0.571. The van der Waals surface area contributed by atoms with Gasteiger partial charge in [-0.3, -0.25) is 19.3 Å². The fourth-order valence-corrected chi connectivity index (χ4v) is 6.75. The number of hydrogen-bond acceptors (Lipinski definition) is 5. The van der Waals surface area contributed by atoms with Gasteiger partial charge < -0.3 is 4.74 Å². The van der Waals surface area contributed by atoms with Crippen LogP contribution in [0.5, 0.6) is 0 Å². The molecule has 0 N–H and O–H groups in total. The van der Waals surface area contributed by atoms with E-state index in [1.165, 1.54) is 4.57 Å². The molecule has 7 rings (SSSR count). The molecule has 0 amide bonds. The van der Waals surface area contributed by atoms with Crippen LogP contribution in [0.3, 0.4) is 0 Å². The smallest absolute Gasteiger partial charge is 0.373 e. The Labute approximate surface area is 213 Å². The quantitative estimate of drug-likeness (QED) is 0.453. The van der Waals surface area contributed by atoms with E-state index >= 15 is 0 Å². The number of hydrogen-bond donors (Lipinski definition) is 0. The standard InChI is InChI=1S/C28H31F3N4O2/c1-14-8-17(4-6-32-14)24-11-16(5-7-37-24)22-13-23-25(27(36)35(3)15(2)33-23)26(34-22)20-12-21(28(29,30)31)19-9-18(20)10-19/h4,6,8,13,16,18-21,24H,5,7,9-12H2,1-3H3/t16-,18?,19?,20-,21?,24-/m0/s1. The van der Waals surface area contributed by atoms with Crippen molar-refractivity contribution >= 4 is 10.9 Å². The lowest BCUT2D eigenvalue weighted by molar-refractivity contribution is -0.219. The number of rotatable bonds is 3. The third kappa shape index (κ3) is 4.25. The van der Waals surface area contributed by atoms with E-state index in [1.807, 2.05) is 25.1 Å². The van der Waals surface area contributed by atoms with Crippen molar-refractivity contribution in [3.8, 4) is 0 Å².